The molecule has 25 heavy (non-hydrogen) atoms. The zero-order chi connectivity index (χ0) is 17.6. The summed E-state index contributed by atoms with van der Waals surface area (Å²) < 4.78 is 13.5. The normalized spacial score (nSPS) is 14.2. The second-order valence-electron chi connectivity index (χ2n) is 6.11. The van der Waals surface area contributed by atoms with Crippen molar-refractivity contribution in [2.24, 2.45) is 0 Å². The lowest BCUT2D eigenvalue weighted by atomic mass is 10.1. The van der Waals surface area contributed by atoms with Gasteiger partial charge in [0, 0.05) is 30.9 Å². The molecular weight excluding hydrogens is 341 g/mol. The second-order valence-corrected chi connectivity index (χ2v) is 6.52. The van der Waals surface area contributed by atoms with E-state index in [2.05, 4.69) is 15.5 Å². The van der Waals surface area contributed by atoms with E-state index in [1.54, 1.807) is 24.3 Å². The van der Waals surface area contributed by atoms with Crippen LogP contribution in [0, 0.1) is 5.82 Å². The number of nitrogens with zero attached hydrogens (tertiary/aromatic N) is 1. The summed E-state index contributed by atoms with van der Waals surface area (Å²) in [6.45, 7) is 2.14. The predicted molar refractivity (Wildman–Crippen MR) is 99.8 cm³/mol. The van der Waals surface area contributed by atoms with Crippen molar-refractivity contribution in [3.8, 4) is 0 Å². The van der Waals surface area contributed by atoms with Crippen molar-refractivity contribution in [3.63, 3.8) is 0 Å². The first-order chi connectivity index (χ1) is 12.1. The standard InChI is InChI=1S/C19H21ClFN3O/c20-16-12-15(8-9-18(16)24-10-4-1-5-11-24)23-19(25)22-13-14-6-2-3-7-17(14)21/h2-3,6-9,12H,1,4-5,10-11,13H2,(H2,22,23,25). The number of nitrogens with one attached hydrogen (secondary N) is 2. The van der Waals surface area contributed by atoms with Gasteiger partial charge in [-0.3, -0.25) is 0 Å². The molecule has 1 aliphatic heterocycles. The summed E-state index contributed by atoms with van der Waals surface area (Å²) >= 11 is 6.38. The first-order valence-corrected chi connectivity index (χ1v) is 8.84. The maximum Gasteiger partial charge on any atom is 0.319 e. The van der Waals surface area contributed by atoms with E-state index < -0.39 is 6.03 Å². The van der Waals surface area contributed by atoms with E-state index in [1.807, 2.05) is 12.1 Å². The smallest absolute Gasteiger partial charge is 0.319 e. The summed E-state index contributed by atoms with van der Waals surface area (Å²) in [5.41, 5.74) is 2.05. The molecule has 1 aliphatic rings. The molecule has 6 heteroatoms. The molecule has 2 aromatic rings. The Morgan fingerprint density at radius 1 is 1.12 bits per heavy atom. The predicted octanol–water partition coefficient (Wildman–Crippen LogP) is 4.79. The molecule has 1 fully saturated rings. The highest BCUT2D eigenvalue weighted by Gasteiger charge is 2.14. The number of hydrogen-bond acceptors (Lipinski definition) is 2. The second kappa shape index (κ2) is 8.21. The van der Waals surface area contributed by atoms with Gasteiger partial charge in [-0.2, -0.15) is 0 Å². The van der Waals surface area contributed by atoms with Gasteiger partial charge in [0.05, 0.1) is 10.7 Å². The number of halogens is 2. The molecule has 0 saturated carbocycles. The van der Waals surface area contributed by atoms with Crippen LogP contribution in [0.3, 0.4) is 0 Å². The van der Waals surface area contributed by atoms with Crippen molar-refractivity contribution < 1.29 is 9.18 Å². The number of carbonyl (C=O) groups is 1. The molecule has 132 valence electrons. The van der Waals surface area contributed by atoms with Crippen LogP contribution in [0.1, 0.15) is 24.8 Å². The van der Waals surface area contributed by atoms with Crippen LogP contribution < -0.4 is 15.5 Å². The molecule has 2 aromatic carbocycles. The third-order valence-electron chi connectivity index (χ3n) is 4.30. The van der Waals surface area contributed by atoms with E-state index in [0.29, 0.717) is 16.3 Å². The monoisotopic (exact) mass is 361 g/mol. The SMILES string of the molecule is O=C(NCc1ccccc1F)Nc1ccc(N2CCCCC2)c(Cl)c1. The molecule has 1 saturated heterocycles. The largest absolute Gasteiger partial charge is 0.370 e. The zero-order valence-corrected chi connectivity index (χ0v) is 14.7. The van der Waals surface area contributed by atoms with Crippen LogP contribution in [0.4, 0.5) is 20.6 Å². The average molecular weight is 362 g/mol. The molecule has 0 bridgehead atoms. The van der Waals surface area contributed by atoms with E-state index in [-0.39, 0.29) is 12.4 Å². The van der Waals surface area contributed by atoms with Crippen molar-refractivity contribution in [1.29, 1.82) is 0 Å². The molecule has 2 amide bonds. The van der Waals surface area contributed by atoms with Gasteiger partial charge in [0.25, 0.3) is 0 Å². The van der Waals surface area contributed by atoms with Crippen molar-refractivity contribution in [2.75, 3.05) is 23.3 Å². The lowest BCUT2D eigenvalue weighted by Crippen LogP contribution is -2.30. The minimum absolute atomic E-state index is 0.123. The van der Waals surface area contributed by atoms with Crippen molar-refractivity contribution >= 4 is 29.0 Å². The van der Waals surface area contributed by atoms with Gasteiger partial charge in [-0.25, -0.2) is 9.18 Å². The highest BCUT2D eigenvalue weighted by molar-refractivity contribution is 6.33. The summed E-state index contributed by atoms with van der Waals surface area (Å²) in [6, 6.07) is 11.5. The number of hydrogen-bond donors (Lipinski definition) is 2. The number of rotatable bonds is 4. The molecule has 1 heterocycles. The van der Waals surface area contributed by atoms with Crippen molar-refractivity contribution in [3.05, 3.63) is 58.9 Å². The van der Waals surface area contributed by atoms with Crippen molar-refractivity contribution in [2.45, 2.75) is 25.8 Å². The molecule has 0 radical (unpaired) electrons. The first kappa shape index (κ1) is 17.5. The van der Waals surface area contributed by atoms with E-state index in [9.17, 15) is 9.18 Å². The Morgan fingerprint density at radius 2 is 1.88 bits per heavy atom. The number of amides is 2. The van der Waals surface area contributed by atoms with Gasteiger partial charge in [0.15, 0.2) is 0 Å². The number of piperidine rings is 1. The Morgan fingerprint density at radius 3 is 2.60 bits per heavy atom. The molecule has 3 rings (SSSR count). The van der Waals surface area contributed by atoms with E-state index in [1.165, 1.54) is 25.3 Å². The Kier molecular flexibility index (Phi) is 5.76. The molecule has 2 N–H and O–H groups in total. The number of carbonyl (C=O) groups excluding carboxylic acids is 1. The number of anilines is 2. The number of urea groups is 1. The fourth-order valence-corrected chi connectivity index (χ4v) is 3.27. The van der Waals surface area contributed by atoms with Gasteiger partial charge < -0.3 is 15.5 Å². The van der Waals surface area contributed by atoms with Crippen molar-refractivity contribution in [1.82, 2.24) is 5.32 Å². The van der Waals surface area contributed by atoms with E-state index >= 15 is 0 Å². The molecule has 0 atom stereocenters. The lowest BCUT2D eigenvalue weighted by molar-refractivity contribution is 0.251. The third-order valence-corrected chi connectivity index (χ3v) is 4.60. The summed E-state index contributed by atoms with van der Waals surface area (Å²) in [5, 5.41) is 5.99. The Balaban J connectivity index is 1.58. The topological polar surface area (TPSA) is 44.4 Å². The minimum Gasteiger partial charge on any atom is -0.370 e. The Hall–Kier alpha value is -2.27. The Labute approximate surface area is 152 Å². The van der Waals surface area contributed by atoms with Crippen LogP contribution in [0.2, 0.25) is 5.02 Å². The molecule has 0 aromatic heterocycles. The summed E-state index contributed by atoms with van der Waals surface area (Å²) in [6.07, 6.45) is 3.61. The Bertz CT molecular complexity index is 747. The molecular formula is C19H21ClFN3O. The summed E-state index contributed by atoms with van der Waals surface area (Å²) in [7, 11) is 0. The van der Waals surface area contributed by atoms with Gasteiger partial charge >= 0.3 is 6.03 Å². The van der Waals surface area contributed by atoms with E-state index in [0.717, 1.165) is 18.8 Å². The van der Waals surface area contributed by atoms with Gasteiger partial charge in [0.2, 0.25) is 0 Å². The zero-order valence-electron chi connectivity index (χ0n) is 13.9. The number of benzene rings is 2. The maximum atomic E-state index is 13.5. The van der Waals surface area contributed by atoms with Gasteiger partial charge in [-0.05, 0) is 43.5 Å². The van der Waals surface area contributed by atoms with Gasteiger partial charge in [-0.15, -0.1) is 0 Å². The van der Waals surface area contributed by atoms with Crippen LogP contribution in [-0.4, -0.2) is 19.1 Å². The summed E-state index contributed by atoms with van der Waals surface area (Å²) in [4.78, 5) is 14.3. The van der Waals surface area contributed by atoms with Gasteiger partial charge in [-0.1, -0.05) is 29.8 Å². The van der Waals surface area contributed by atoms with Crippen LogP contribution in [0.25, 0.3) is 0 Å². The molecule has 0 unspecified atom stereocenters. The van der Waals surface area contributed by atoms with Crippen LogP contribution >= 0.6 is 11.6 Å². The molecule has 4 nitrogen and oxygen atoms in total. The highest BCUT2D eigenvalue weighted by atomic mass is 35.5. The maximum absolute atomic E-state index is 13.5. The van der Waals surface area contributed by atoms with E-state index in [4.69, 9.17) is 11.6 Å². The third kappa shape index (κ3) is 4.63. The highest BCUT2D eigenvalue weighted by Crippen LogP contribution is 2.30. The summed E-state index contributed by atoms with van der Waals surface area (Å²) in [5.74, 6) is -0.336. The quantitative estimate of drug-likeness (QED) is 0.822. The molecule has 0 spiro atoms. The first-order valence-electron chi connectivity index (χ1n) is 8.46. The van der Waals surface area contributed by atoms with Crippen LogP contribution in [0.15, 0.2) is 42.5 Å². The van der Waals surface area contributed by atoms with Gasteiger partial charge in [0.1, 0.15) is 5.82 Å². The fraction of sp³-hybridized carbons (Fsp3) is 0.316. The average Bonchev–Trinajstić information content (AvgIpc) is 2.62. The minimum atomic E-state index is -0.398. The van der Waals surface area contributed by atoms with Crippen LogP contribution in [-0.2, 0) is 6.54 Å². The van der Waals surface area contributed by atoms with Crippen LogP contribution in [0.5, 0.6) is 0 Å². The molecule has 0 aliphatic carbocycles. The fourth-order valence-electron chi connectivity index (χ4n) is 2.97. The lowest BCUT2D eigenvalue weighted by Gasteiger charge is -2.29.